The summed E-state index contributed by atoms with van der Waals surface area (Å²) in [6, 6.07) is 9.79. The molecule has 0 aliphatic carbocycles. The molecule has 35 heavy (non-hydrogen) atoms. The summed E-state index contributed by atoms with van der Waals surface area (Å²) in [6.45, 7) is 4.26. The maximum absolute atomic E-state index is 14.5. The summed E-state index contributed by atoms with van der Waals surface area (Å²) in [4.78, 5) is 0. The quantitative estimate of drug-likeness (QED) is 0.396. The van der Waals surface area contributed by atoms with Gasteiger partial charge in [0.1, 0.15) is 11.5 Å². The Kier molecular flexibility index (Phi) is 6.96. The monoisotopic (exact) mass is 482 g/mol. The summed E-state index contributed by atoms with van der Waals surface area (Å²) < 4.78 is 31.6. The number of ether oxygens (including phenoxy) is 3. The van der Waals surface area contributed by atoms with Gasteiger partial charge in [0.25, 0.3) is 0 Å². The molecule has 1 aliphatic heterocycles. The van der Waals surface area contributed by atoms with Crippen molar-refractivity contribution >= 4 is 0 Å². The molecule has 6 nitrogen and oxygen atoms in total. The first-order valence-corrected chi connectivity index (χ1v) is 11.8. The molecule has 0 amide bonds. The molecule has 186 valence electrons. The molecule has 1 heterocycles. The minimum absolute atomic E-state index is 0.105. The van der Waals surface area contributed by atoms with E-state index in [-0.39, 0.29) is 41.4 Å². The SMILES string of the molecule is CCCc1c(O)c(CC)cc2c1OCC(c1cc(OC)c(O)c(OC)c1)C2c1ccc(O)c(F)c1. The van der Waals surface area contributed by atoms with Crippen molar-refractivity contribution in [3.63, 3.8) is 0 Å². The normalized spacial score (nSPS) is 16.9. The number of aryl methyl sites for hydroxylation is 1. The molecule has 0 saturated carbocycles. The molecule has 3 aromatic carbocycles. The first-order valence-electron chi connectivity index (χ1n) is 11.8. The highest BCUT2D eigenvalue weighted by molar-refractivity contribution is 5.61. The highest BCUT2D eigenvalue weighted by Crippen LogP contribution is 2.52. The van der Waals surface area contributed by atoms with Gasteiger partial charge in [-0.1, -0.05) is 26.3 Å². The smallest absolute Gasteiger partial charge is 0.200 e. The highest BCUT2D eigenvalue weighted by atomic mass is 19.1. The lowest BCUT2D eigenvalue weighted by molar-refractivity contribution is 0.243. The van der Waals surface area contributed by atoms with Gasteiger partial charge in [0, 0.05) is 23.0 Å². The van der Waals surface area contributed by atoms with Crippen molar-refractivity contribution in [1.29, 1.82) is 0 Å². The van der Waals surface area contributed by atoms with E-state index >= 15 is 0 Å². The molecule has 4 rings (SSSR count). The largest absolute Gasteiger partial charge is 0.507 e. The number of methoxy groups -OCH3 is 2. The highest BCUT2D eigenvalue weighted by Gasteiger charge is 2.37. The first-order chi connectivity index (χ1) is 16.8. The van der Waals surface area contributed by atoms with Crippen molar-refractivity contribution in [3.05, 3.63) is 70.0 Å². The summed E-state index contributed by atoms with van der Waals surface area (Å²) in [5.74, 6) is -0.501. The molecular weight excluding hydrogens is 451 g/mol. The minimum atomic E-state index is -0.710. The Hall–Kier alpha value is -3.61. The second-order valence-electron chi connectivity index (χ2n) is 8.76. The summed E-state index contributed by atoms with van der Waals surface area (Å²) in [7, 11) is 2.93. The Labute approximate surface area is 204 Å². The molecule has 0 radical (unpaired) electrons. The van der Waals surface area contributed by atoms with Crippen molar-refractivity contribution < 1.29 is 33.9 Å². The van der Waals surface area contributed by atoms with Crippen molar-refractivity contribution in [2.45, 2.75) is 44.9 Å². The third-order valence-corrected chi connectivity index (χ3v) is 6.74. The Bertz CT molecular complexity index is 1210. The Morgan fingerprint density at radius 3 is 2.20 bits per heavy atom. The number of rotatable bonds is 7. The van der Waals surface area contributed by atoms with E-state index in [0.29, 0.717) is 24.2 Å². The van der Waals surface area contributed by atoms with Gasteiger partial charge >= 0.3 is 0 Å². The number of halogens is 1. The van der Waals surface area contributed by atoms with Crippen LogP contribution in [0.3, 0.4) is 0 Å². The topological polar surface area (TPSA) is 88.4 Å². The second kappa shape index (κ2) is 9.94. The summed E-state index contributed by atoms with van der Waals surface area (Å²) in [5.41, 5.74) is 3.84. The third kappa shape index (κ3) is 4.31. The minimum Gasteiger partial charge on any atom is -0.507 e. The summed E-state index contributed by atoms with van der Waals surface area (Å²) in [5, 5.41) is 31.2. The zero-order valence-electron chi connectivity index (χ0n) is 20.4. The van der Waals surface area contributed by atoms with Crippen LogP contribution in [-0.2, 0) is 12.8 Å². The van der Waals surface area contributed by atoms with Crippen LogP contribution < -0.4 is 14.2 Å². The predicted octanol–water partition coefficient (Wildman–Crippen LogP) is 5.78. The predicted molar refractivity (Wildman–Crippen MR) is 131 cm³/mol. The van der Waals surface area contributed by atoms with E-state index in [0.717, 1.165) is 28.7 Å². The fourth-order valence-electron chi connectivity index (χ4n) is 4.98. The van der Waals surface area contributed by atoms with Gasteiger partial charge in [0.15, 0.2) is 23.1 Å². The molecule has 7 heteroatoms. The van der Waals surface area contributed by atoms with E-state index in [1.54, 1.807) is 18.2 Å². The van der Waals surface area contributed by atoms with Crippen molar-refractivity contribution in [2.24, 2.45) is 0 Å². The Balaban J connectivity index is 1.98. The number of benzene rings is 3. The molecule has 0 fully saturated rings. The fraction of sp³-hybridized carbons (Fsp3) is 0.357. The number of fused-ring (bicyclic) bond motifs is 1. The van der Waals surface area contributed by atoms with Gasteiger partial charge in [-0.2, -0.15) is 0 Å². The van der Waals surface area contributed by atoms with Gasteiger partial charge in [0.2, 0.25) is 5.75 Å². The zero-order chi connectivity index (χ0) is 25.3. The fourth-order valence-corrected chi connectivity index (χ4v) is 4.98. The van der Waals surface area contributed by atoms with Gasteiger partial charge in [-0.25, -0.2) is 4.39 Å². The molecule has 3 aromatic rings. The Morgan fingerprint density at radius 2 is 1.63 bits per heavy atom. The maximum atomic E-state index is 14.5. The van der Waals surface area contributed by atoms with Crippen LogP contribution >= 0.6 is 0 Å². The molecule has 0 bridgehead atoms. The molecule has 1 aliphatic rings. The van der Waals surface area contributed by atoms with E-state index in [1.807, 2.05) is 19.9 Å². The molecule has 0 spiro atoms. The zero-order valence-corrected chi connectivity index (χ0v) is 20.4. The van der Waals surface area contributed by atoms with Crippen LogP contribution in [0.1, 0.15) is 59.9 Å². The van der Waals surface area contributed by atoms with E-state index in [9.17, 15) is 19.7 Å². The molecule has 0 saturated heterocycles. The van der Waals surface area contributed by atoms with E-state index in [1.165, 1.54) is 26.4 Å². The number of phenols is 3. The van der Waals surface area contributed by atoms with Crippen LogP contribution in [0.4, 0.5) is 4.39 Å². The lowest BCUT2D eigenvalue weighted by Gasteiger charge is -2.36. The van der Waals surface area contributed by atoms with Gasteiger partial charge < -0.3 is 29.5 Å². The lowest BCUT2D eigenvalue weighted by atomic mass is 9.74. The standard InChI is InChI=1S/C28H31FO6/c1-5-7-18-26(31)15(6-2)10-19-25(16-8-9-22(30)21(29)11-16)20(14-35-28(18)19)17-12-23(33-3)27(32)24(13-17)34-4/h8-13,20,25,30-32H,5-7,14H2,1-4H3. The second-order valence-corrected chi connectivity index (χ2v) is 8.76. The molecular formula is C28H31FO6. The number of aromatic hydroxyl groups is 3. The van der Waals surface area contributed by atoms with Gasteiger partial charge in [-0.15, -0.1) is 0 Å². The number of hydrogen-bond donors (Lipinski definition) is 3. The van der Waals surface area contributed by atoms with Crippen molar-refractivity contribution in [3.8, 4) is 34.5 Å². The van der Waals surface area contributed by atoms with Crippen LogP contribution in [0.5, 0.6) is 34.5 Å². The number of hydrogen-bond acceptors (Lipinski definition) is 6. The molecule has 3 N–H and O–H groups in total. The van der Waals surface area contributed by atoms with Gasteiger partial charge in [-0.05, 0) is 59.9 Å². The van der Waals surface area contributed by atoms with Crippen LogP contribution in [0.15, 0.2) is 36.4 Å². The van der Waals surface area contributed by atoms with Crippen LogP contribution in [-0.4, -0.2) is 36.1 Å². The molecule has 0 aromatic heterocycles. The third-order valence-electron chi connectivity index (χ3n) is 6.74. The van der Waals surface area contributed by atoms with Crippen LogP contribution in [0.2, 0.25) is 0 Å². The average molecular weight is 483 g/mol. The van der Waals surface area contributed by atoms with Crippen LogP contribution in [0, 0.1) is 5.82 Å². The van der Waals surface area contributed by atoms with E-state index in [4.69, 9.17) is 14.2 Å². The van der Waals surface area contributed by atoms with Gasteiger partial charge in [-0.3, -0.25) is 0 Å². The molecule has 2 unspecified atom stereocenters. The van der Waals surface area contributed by atoms with Gasteiger partial charge in [0.05, 0.1) is 20.8 Å². The number of phenolic OH excluding ortho intramolecular Hbond substituents is 3. The van der Waals surface area contributed by atoms with Crippen molar-refractivity contribution in [2.75, 3.05) is 20.8 Å². The van der Waals surface area contributed by atoms with Crippen LogP contribution in [0.25, 0.3) is 0 Å². The average Bonchev–Trinajstić information content (AvgIpc) is 2.86. The maximum Gasteiger partial charge on any atom is 0.200 e. The first kappa shape index (κ1) is 24.5. The summed E-state index contributed by atoms with van der Waals surface area (Å²) >= 11 is 0. The van der Waals surface area contributed by atoms with Crippen molar-refractivity contribution in [1.82, 2.24) is 0 Å². The Morgan fingerprint density at radius 1 is 0.943 bits per heavy atom. The summed E-state index contributed by atoms with van der Waals surface area (Å²) in [6.07, 6.45) is 2.09. The van der Waals surface area contributed by atoms with E-state index in [2.05, 4.69) is 0 Å². The van der Waals surface area contributed by atoms with E-state index < -0.39 is 11.6 Å². The molecule has 2 atom stereocenters. The lowest BCUT2D eigenvalue weighted by Crippen LogP contribution is -2.26.